The van der Waals surface area contributed by atoms with E-state index in [9.17, 15) is 19.9 Å². The van der Waals surface area contributed by atoms with E-state index in [4.69, 9.17) is 0 Å². The van der Waals surface area contributed by atoms with E-state index < -0.39 is 24.1 Å². The number of hydroxylamine groups is 2. The second kappa shape index (κ2) is 12.6. The van der Waals surface area contributed by atoms with E-state index in [-0.39, 0.29) is 13.1 Å². The molecule has 0 aliphatic rings. The fraction of sp³-hybridized carbons (Fsp3) is 0.296. The molecule has 0 unspecified atom stereocenters. The van der Waals surface area contributed by atoms with E-state index in [1.54, 1.807) is 18.3 Å². The summed E-state index contributed by atoms with van der Waals surface area (Å²) in [5.41, 5.74) is 4.53. The molecule has 8 nitrogen and oxygen atoms in total. The first-order chi connectivity index (χ1) is 16.9. The number of hydrogen-bond donors (Lipinski definition) is 4. The molecule has 2 atom stereocenters. The van der Waals surface area contributed by atoms with Crippen LogP contribution in [0.15, 0.2) is 72.9 Å². The van der Waals surface area contributed by atoms with Crippen LogP contribution in [0, 0.1) is 0 Å². The molecule has 3 aromatic rings. The molecule has 2 aromatic carbocycles. The topological polar surface area (TPSA) is 115 Å². The van der Waals surface area contributed by atoms with Crippen molar-refractivity contribution in [3.63, 3.8) is 0 Å². The van der Waals surface area contributed by atoms with Crippen molar-refractivity contribution in [3.8, 4) is 11.1 Å². The number of carbonyl (C=O) groups is 2. The van der Waals surface area contributed by atoms with Gasteiger partial charge < -0.3 is 15.7 Å². The van der Waals surface area contributed by atoms with Gasteiger partial charge in [0.15, 0.2) is 0 Å². The number of aryl methyl sites for hydroxylation is 1. The van der Waals surface area contributed by atoms with E-state index >= 15 is 0 Å². The first-order valence-corrected chi connectivity index (χ1v) is 11.7. The first-order valence-electron chi connectivity index (χ1n) is 11.7. The monoisotopic (exact) mass is 476 g/mol. The Balaban J connectivity index is 1.53. The minimum atomic E-state index is -0.994. The van der Waals surface area contributed by atoms with Gasteiger partial charge in [-0.3, -0.25) is 15.0 Å². The molecule has 4 N–H and O–H groups in total. The minimum absolute atomic E-state index is 0.277. The molecule has 1 heterocycles. The van der Waals surface area contributed by atoms with Crippen molar-refractivity contribution >= 4 is 11.9 Å². The van der Waals surface area contributed by atoms with Gasteiger partial charge in [0.2, 0.25) is 0 Å². The number of amides is 3. The van der Waals surface area contributed by atoms with Gasteiger partial charge in [-0.15, -0.1) is 0 Å². The van der Waals surface area contributed by atoms with Crippen LogP contribution >= 0.6 is 0 Å². The molecule has 0 saturated carbocycles. The third kappa shape index (κ3) is 7.63. The summed E-state index contributed by atoms with van der Waals surface area (Å²) >= 11 is 0. The van der Waals surface area contributed by atoms with Crippen molar-refractivity contribution < 1.29 is 19.9 Å². The maximum Gasteiger partial charge on any atom is 0.341 e. The van der Waals surface area contributed by atoms with Gasteiger partial charge in [-0.2, -0.15) is 0 Å². The smallest absolute Gasteiger partial charge is 0.341 e. The molecule has 8 heteroatoms. The first kappa shape index (κ1) is 25.9. The maximum absolute atomic E-state index is 12.7. The number of aliphatic hydroxyl groups is 1. The van der Waals surface area contributed by atoms with Gasteiger partial charge in [0, 0.05) is 30.4 Å². The van der Waals surface area contributed by atoms with E-state index in [0.717, 1.165) is 23.2 Å². The zero-order valence-corrected chi connectivity index (χ0v) is 20.0. The largest absolute Gasteiger partial charge is 0.391 e. The van der Waals surface area contributed by atoms with Gasteiger partial charge in [0.1, 0.15) is 0 Å². The fourth-order valence-corrected chi connectivity index (χ4v) is 3.52. The average molecular weight is 477 g/mol. The highest BCUT2D eigenvalue weighted by Gasteiger charge is 2.23. The lowest BCUT2D eigenvalue weighted by Crippen LogP contribution is -2.52. The molecule has 0 spiro atoms. The van der Waals surface area contributed by atoms with Crippen LogP contribution in [0.4, 0.5) is 4.79 Å². The molecule has 0 saturated heterocycles. The third-order valence-corrected chi connectivity index (χ3v) is 5.73. The number of urea groups is 1. The number of nitrogens with one attached hydrogen (secondary N) is 2. The lowest BCUT2D eigenvalue weighted by molar-refractivity contribution is -0.0578. The molecule has 184 valence electrons. The highest BCUT2D eigenvalue weighted by molar-refractivity contribution is 5.95. The van der Waals surface area contributed by atoms with Crippen molar-refractivity contribution in [1.82, 2.24) is 20.7 Å². The number of rotatable bonds is 10. The molecule has 0 fully saturated rings. The summed E-state index contributed by atoms with van der Waals surface area (Å²) < 4.78 is 0. The summed E-state index contributed by atoms with van der Waals surface area (Å²) in [6, 6.07) is 19.3. The summed E-state index contributed by atoms with van der Waals surface area (Å²) in [6.45, 7) is 3.60. The van der Waals surface area contributed by atoms with Crippen molar-refractivity contribution in [2.75, 3.05) is 13.1 Å². The SMILES string of the molecule is CCc1ccc(-c2ccc(C(=O)N[C@H](CN(O)C(=O)NCCc3ccccn3)[C@@H](C)O)cc2)cc1. The zero-order valence-electron chi connectivity index (χ0n) is 20.0. The number of pyridine rings is 1. The van der Waals surface area contributed by atoms with E-state index in [1.165, 1.54) is 12.5 Å². The number of aromatic nitrogens is 1. The van der Waals surface area contributed by atoms with Crippen LogP contribution in [0.1, 0.15) is 35.5 Å². The molecule has 0 aliphatic heterocycles. The maximum atomic E-state index is 12.7. The molecular formula is C27H32N4O4. The molecule has 3 amide bonds. The Hall–Kier alpha value is -3.75. The highest BCUT2D eigenvalue weighted by atomic mass is 16.5. The van der Waals surface area contributed by atoms with Crippen molar-refractivity contribution in [1.29, 1.82) is 0 Å². The Morgan fingerprint density at radius 3 is 2.23 bits per heavy atom. The Morgan fingerprint density at radius 2 is 1.66 bits per heavy atom. The van der Waals surface area contributed by atoms with Gasteiger partial charge in [0.25, 0.3) is 5.91 Å². The summed E-state index contributed by atoms with van der Waals surface area (Å²) in [4.78, 5) is 29.1. The molecule has 0 bridgehead atoms. The van der Waals surface area contributed by atoms with Crippen LogP contribution in [-0.4, -0.2) is 57.5 Å². The highest BCUT2D eigenvalue weighted by Crippen LogP contribution is 2.20. The van der Waals surface area contributed by atoms with Crippen LogP contribution in [0.5, 0.6) is 0 Å². The zero-order chi connectivity index (χ0) is 25.2. The van der Waals surface area contributed by atoms with E-state index in [0.29, 0.717) is 17.0 Å². The van der Waals surface area contributed by atoms with Crippen LogP contribution in [0.2, 0.25) is 0 Å². The van der Waals surface area contributed by atoms with Crippen LogP contribution < -0.4 is 10.6 Å². The fourth-order valence-electron chi connectivity index (χ4n) is 3.52. The number of aliphatic hydroxyl groups excluding tert-OH is 1. The Bertz CT molecular complexity index is 1090. The van der Waals surface area contributed by atoms with E-state index in [1.807, 2.05) is 30.3 Å². The molecule has 35 heavy (non-hydrogen) atoms. The second-order valence-corrected chi connectivity index (χ2v) is 8.33. The van der Waals surface area contributed by atoms with Crippen LogP contribution in [0.25, 0.3) is 11.1 Å². The van der Waals surface area contributed by atoms with Gasteiger partial charge in [0.05, 0.1) is 18.7 Å². The third-order valence-electron chi connectivity index (χ3n) is 5.73. The predicted molar refractivity (Wildman–Crippen MR) is 134 cm³/mol. The predicted octanol–water partition coefficient (Wildman–Crippen LogP) is 3.43. The normalized spacial score (nSPS) is 12.5. The minimum Gasteiger partial charge on any atom is -0.391 e. The number of carbonyl (C=O) groups excluding carboxylic acids is 2. The summed E-state index contributed by atoms with van der Waals surface area (Å²) in [5, 5.41) is 26.0. The lowest BCUT2D eigenvalue weighted by atomic mass is 10.0. The second-order valence-electron chi connectivity index (χ2n) is 8.33. The van der Waals surface area contributed by atoms with Gasteiger partial charge in [-0.25, -0.2) is 9.86 Å². The Kier molecular flexibility index (Phi) is 9.34. The molecule has 0 radical (unpaired) electrons. The number of nitrogens with zero attached hydrogens (tertiary/aromatic N) is 2. The lowest BCUT2D eigenvalue weighted by Gasteiger charge is -2.26. The standard InChI is InChI=1S/C27H32N4O4/c1-3-20-7-9-21(10-8-20)22-11-13-23(14-12-22)26(33)30-25(19(2)32)18-31(35)27(34)29-17-15-24-6-4-5-16-28-24/h4-14,16,19,25,32,35H,3,15,17-18H2,1-2H3,(H,29,34)(H,30,33)/t19-,25-/m1/s1. The average Bonchev–Trinajstić information content (AvgIpc) is 2.88. The summed E-state index contributed by atoms with van der Waals surface area (Å²) in [7, 11) is 0. The molecule has 1 aromatic heterocycles. The molecule has 0 aliphatic carbocycles. The van der Waals surface area contributed by atoms with Crippen molar-refractivity contribution in [2.24, 2.45) is 0 Å². The molecular weight excluding hydrogens is 444 g/mol. The van der Waals surface area contributed by atoms with Gasteiger partial charge >= 0.3 is 6.03 Å². The van der Waals surface area contributed by atoms with Gasteiger partial charge in [-0.1, -0.05) is 49.4 Å². The number of benzene rings is 2. The summed E-state index contributed by atoms with van der Waals surface area (Å²) in [5.74, 6) is -0.409. The van der Waals surface area contributed by atoms with Crippen LogP contribution in [-0.2, 0) is 12.8 Å². The van der Waals surface area contributed by atoms with Crippen molar-refractivity contribution in [3.05, 3.63) is 89.7 Å². The quantitative estimate of drug-likeness (QED) is 0.264. The van der Waals surface area contributed by atoms with E-state index in [2.05, 4.69) is 46.8 Å². The van der Waals surface area contributed by atoms with Crippen molar-refractivity contribution in [2.45, 2.75) is 38.8 Å². The number of hydrogen-bond acceptors (Lipinski definition) is 5. The Morgan fingerprint density at radius 1 is 1.00 bits per heavy atom. The Labute approximate surface area is 205 Å². The van der Waals surface area contributed by atoms with Crippen LogP contribution in [0.3, 0.4) is 0 Å². The molecule has 3 rings (SSSR count). The summed E-state index contributed by atoms with van der Waals surface area (Å²) in [6.07, 6.45) is 2.16. The van der Waals surface area contributed by atoms with Gasteiger partial charge in [-0.05, 0) is 54.3 Å².